The Hall–Kier alpha value is -3.14. The second kappa shape index (κ2) is 12.2. The van der Waals surface area contributed by atoms with E-state index in [1.54, 1.807) is 25.1 Å². The van der Waals surface area contributed by atoms with Crippen molar-refractivity contribution in [2.45, 2.75) is 90.3 Å². The summed E-state index contributed by atoms with van der Waals surface area (Å²) in [5, 5.41) is 0. The Balaban J connectivity index is 1.98. The minimum atomic E-state index is -1.18. The molecule has 10 heteroatoms. The lowest BCUT2D eigenvalue weighted by molar-refractivity contribution is -0.245. The Morgan fingerprint density at radius 2 is 1.42 bits per heavy atom. The zero-order valence-corrected chi connectivity index (χ0v) is 21.3. The summed E-state index contributed by atoms with van der Waals surface area (Å²) in [6, 6.07) is 4.82. The molecule has 36 heavy (non-hydrogen) atoms. The standard InChI is InChI=1S/C26H34O10/c1-14-22(33-15(2)27)24(34-16(3)28)25(35-17(4)29)23(32-14)20-13-19(11-12-21(20)31-5)36-26(30)18-9-7-6-8-10-18/h11-14,18,22-25H,6-10H2,1-5H3/t14-,22+,23+,24+,25+/m1/s1. The molecule has 1 aromatic rings. The van der Waals surface area contributed by atoms with Gasteiger partial charge < -0.3 is 28.4 Å². The van der Waals surface area contributed by atoms with Crippen molar-refractivity contribution >= 4 is 23.9 Å². The highest BCUT2D eigenvalue weighted by Gasteiger charge is 2.51. The van der Waals surface area contributed by atoms with Crippen molar-refractivity contribution in [3.8, 4) is 11.5 Å². The second-order valence-corrected chi connectivity index (χ2v) is 9.14. The van der Waals surface area contributed by atoms with Gasteiger partial charge in [-0.05, 0) is 38.0 Å². The van der Waals surface area contributed by atoms with Crippen molar-refractivity contribution in [2.24, 2.45) is 5.92 Å². The molecular formula is C26H34O10. The van der Waals surface area contributed by atoms with Crippen LogP contribution in [0.15, 0.2) is 18.2 Å². The number of benzene rings is 1. The van der Waals surface area contributed by atoms with Gasteiger partial charge in [-0.3, -0.25) is 19.2 Å². The molecule has 5 atom stereocenters. The van der Waals surface area contributed by atoms with Gasteiger partial charge in [-0.1, -0.05) is 19.3 Å². The number of carbonyl (C=O) groups excluding carboxylic acids is 4. The number of hydrogen-bond acceptors (Lipinski definition) is 10. The molecule has 198 valence electrons. The quantitative estimate of drug-likeness (QED) is 0.309. The maximum absolute atomic E-state index is 12.7. The van der Waals surface area contributed by atoms with Gasteiger partial charge in [0.15, 0.2) is 18.3 Å². The van der Waals surface area contributed by atoms with E-state index in [0.29, 0.717) is 11.3 Å². The van der Waals surface area contributed by atoms with Crippen molar-refractivity contribution in [1.82, 2.24) is 0 Å². The van der Waals surface area contributed by atoms with Crippen molar-refractivity contribution in [1.29, 1.82) is 0 Å². The van der Waals surface area contributed by atoms with Gasteiger partial charge in [0, 0.05) is 26.3 Å². The van der Waals surface area contributed by atoms with Gasteiger partial charge in [0.1, 0.15) is 17.6 Å². The molecule has 0 radical (unpaired) electrons. The predicted octanol–water partition coefficient (Wildman–Crippen LogP) is 3.44. The first-order chi connectivity index (χ1) is 17.1. The molecule has 3 rings (SSSR count). The van der Waals surface area contributed by atoms with Gasteiger partial charge in [0.2, 0.25) is 0 Å². The lowest BCUT2D eigenvalue weighted by atomic mass is 9.89. The van der Waals surface area contributed by atoms with Crippen molar-refractivity contribution in [3.63, 3.8) is 0 Å². The molecule has 0 aromatic heterocycles. The minimum absolute atomic E-state index is 0.151. The fourth-order valence-electron chi connectivity index (χ4n) is 4.80. The number of carbonyl (C=O) groups is 4. The van der Waals surface area contributed by atoms with Crippen LogP contribution >= 0.6 is 0 Å². The Morgan fingerprint density at radius 3 is 2.00 bits per heavy atom. The summed E-state index contributed by atoms with van der Waals surface area (Å²) in [5.41, 5.74) is 0.419. The van der Waals surface area contributed by atoms with Crippen molar-refractivity contribution < 1.29 is 47.6 Å². The number of ether oxygens (including phenoxy) is 6. The van der Waals surface area contributed by atoms with Crippen LogP contribution in [0.4, 0.5) is 0 Å². The summed E-state index contributed by atoms with van der Waals surface area (Å²) >= 11 is 0. The third-order valence-corrected chi connectivity index (χ3v) is 6.34. The second-order valence-electron chi connectivity index (χ2n) is 9.14. The van der Waals surface area contributed by atoms with Crippen LogP contribution in [0.1, 0.15) is 71.5 Å². The molecular weight excluding hydrogens is 472 g/mol. The van der Waals surface area contributed by atoms with E-state index in [1.807, 2.05) is 0 Å². The van der Waals surface area contributed by atoms with E-state index in [1.165, 1.54) is 27.9 Å². The molecule has 2 aliphatic rings. The number of rotatable bonds is 7. The molecule has 1 aliphatic heterocycles. The molecule has 1 saturated heterocycles. The maximum Gasteiger partial charge on any atom is 0.314 e. The summed E-state index contributed by atoms with van der Waals surface area (Å²) in [4.78, 5) is 48.5. The van der Waals surface area contributed by atoms with E-state index >= 15 is 0 Å². The number of hydrogen-bond donors (Lipinski definition) is 0. The Kier molecular flexibility index (Phi) is 9.31. The van der Waals surface area contributed by atoms with Gasteiger partial charge in [0.25, 0.3) is 0 Å². The van der Waals surface area contributed by atoms with Crippen LogP contribution in [0.5, 0.6) is 11.5 Å². The summed E-state index contributed by atoms with van der Waals surface area (Å²) in [6.07, 6.45) is -0.390. The van der Waals surface area contributed by atoms with Gasteiger partial charge in [-0.15, -0.1) is 0 Å². The molecule has 1 heterocycles. The zero-order valence-electron chi connectivity index (χ0n) is 21.3. The summed E-state index contributed by atoms with van der Waals surface area (Å²) in [7, 11) is 1.46. The summed E-state index contributed by atoms with van der Waals surface area (Å²) < 4.78 is 33.8. The maximum atomic E-state index is 12.7. The van der Waals surface area contributed by atoms with E-state index in [2.05, 4.69) is 0 Å². The summed E-state index contributed by atoms with van der Waals surface area (Å²) in [5.74, 6) is -1.69. The third-order valence-electron chi connectivity index (χ3n) is 6.34. The normalized spacial score (nSPS) is 26.4. The third kappa shape index (κ3) is 6.75. The van der Waals surface area contributed by atoms with E-state index < -0.39 is 48.4 Å². The fourth-order valence-corrected chi connectivity index (χ4v) is 4.80. The number of esters is 4. The van der Waals surface area contributed by atoms with Gasteiger partial charge in [0.05, 0.1) is 19.1 Å². The topological polar surface area (TPSA) is 124 Å². The van der Waals surface area contributed by atoms with Gasteiger partial charge in [-0.2, -0.15) is 0 Å². The molecule has 0 unspecified atom stereocenters. The zero-order chi connectivity index (χ0) is 26.4. The van der Waals surface area contributed by atoms with Crippen LogP contribution in [0, 0.1) is 5.92 Å². The molecule has 1 aliphatic carbocycles. The SMILES string of the molecule is COc1ccc(OC(=O)C2CCCCC2)cc1[C@@H]1O[C@H](C)[C@H](OC(C)=O)[C@H](OC(C)=O)[C@H]1OC(C)=O. The first-order valence-corrected chi connectivity index (χ1v) is 12.2. The average Bonchev–Trinajstić information content (AvgIpc) is 2.82. The Bertz CT molecular complexity index is 967. The number of methoxy groups -OCH3 is 1. The van der Waals surface area contributed by atoms with E-state index in [-0.39, 0.29) is 17.6 Å². The highest BCUT2D eigenvalue weighted by Crippen LogP contribution is 2.42. The molecule has 0 N–H and O–H groups in total. The van der Waals surface area contributed by atoms with Crippen molar-refractivity contribution in [3.05, 3.63) is 23.8 Å². The molecule has 2 fully saturated rings. The Labute approximate surface area is 210 Å². The average molecular weight is 507 g/mol. The highest BCUT2D eigenvalue weighted by atomic mass is 16.6. The fraction of sp³-hybridized carbons (Fsp3) is 0.615. The van der Waals surface area contributed by atoms with Gasteiger partial charge in [-0.25, -0.2) is 0 Å². The molecule has 0 spiro atoms. The molecule has 0 amide bonds. The van der Waals surface area contributed by atoms with E-state index in [9.17, 15) is 19.2 Å². The summed E-state index contributed by atoms with van der Waals surface area (Å²) in [6.45, 7) is 5.29. The Morgan fingerprint density at radius 1 is 0.833 bits per heavy atom. The van der Waals surface area contributed by atoms with Crippen molar-refractivity contribution in [2.75, 3.05) is 7.11 Å². The molecule has 1 aromatic carbocycles. The largest absolute Gasteiger partial charge is 0.496 e. The van der Waals surface area contributed by atoms with Crippen LogP contribution < -0.4 is 9.47 Å². The van der Waals surface area contributed by atoms with Crippen LogP contribution in [-0.4, -0.2) is 55.4 Å². The van der Waals surface area contributed by atoms with Gasteiger partial charge >= 0.3 is 23.9 Å². The lowest BCUT2D eigenvalue weighted by Crippen LogP contribution is -2.57. The molecule has 0 bridgehead atoms. The molecule has 10 nitrogen and oxygen atoms in total. The molecule has 1 saturated carbocycles. The first-order valence-electron chi connectivity index (χ1n) is 12.2. The predicted molar refractivity (Wildman–Crippen MR) is 125 cm³/mol. The van der Waals surface area contributed by atoms with Crippen LogP contribution in [0.3, 0.4) is 0 Å². The van der Waals surface area contributed by atoms with Crippen LogP contribution in [0.2, 0.25) is 0 Å². The minimum Gasteiger partial charge on any atom is -0.496 e. The van der Waals surface area contributed by atoms with E-state index in [0.717, 1.165) is 32.1 Å². The lowest BCUT2D eigenvalue weighted by Gasteiger charge is -2.44. The van der Waals surface area contributed by atoms with Crippen LogP contribution in [-0.2, 0) is 38.1 Å². The smallest absolute Gasteiger partial charge is 0.314 e. The monoisotopic (exact) mass is 506 g/mol. The van der Waals surface area contributed by atoms with E-state index in [4.69, 9.17) is 28.4 Å². The highest BCUT2D eigenvalue weighted by molar-refractivity contribution is 5.75. The first kappa shape index (κ1) is 27.4. The van der Waals surface area contributed by atoms with Crippen LogP contribution in [0.25, 0.3) is 0 Å².